The SMILES string of the molecule is O=C(NC1CCC(CCO)CC1)N1CCCCC1. The number of hydrogen-bond acceptors (Lipinski definition) is 2. The van der Waals surface area contributed by atoms with Gasteiger partial charge in [-0.2, -0.15) is 0 Å². The molecule has 1 aliphatic carbocycles. The number of carbonyl (C=O) groups excluding carboxylic acids is 1. The van der Waals surface area contributed by atoms with E-state index in [1.807, 2.05) is 4.90 Å². The molecule has 2 N–H and O–H groups in total. The summed E-state index contributed by atoms with van der Waals surface area (Å²) in [6.07, 6.45) is 8.92. The Hall–Kier alpha value is -0.770. The topological polar surface area (TPSA) is 52.6 Å². The van der Waals surface area contributed by atoms with Crippen LogP contribution in [0.1, 0.15) is 51.4 Å². The molecule has 4 heteroatoms. The van der Waals surface area contributed by atoms with Crippen molar-refractivity contribution in [3.8, 4) is 0 Å². The van der Waals surface area contributed by atoms with Gasteiger partial charge >= 0.3 is 6.03 Å². The number of likely N-dealkylation sites (tertiary alicyclic amines) is 1. The van der Waals surface area contributed by atoms with Gasteiger partial charge in [-0.3, -0.25) is 0 Å². The molecule has 1 aliphatic heterocycles. The molecular weight excluding hydrogens is 228 g/mol. The Kier molecular flexibility index (Phi) is 5.29. The van der Waals surface area contributed by atoms with E-state index in [1.54, 1.807) is 0 Å². The van der Waals surface area contributed by atoms with E-state index < -0.39 is 0 Å². The van der Waals surface area contributed by atoms with Crippen LogP contribution in [0.4, 0.5) is 4.79 Å². The fourth-order valence-corrected chi connectivity index (χ4v) is 3.14. The lowest BCUT2D eigenvalue weighted by Gasteiger charge is -2.32. The molecule has 2 amide bonds. The molecule has 4 nitrogen and oxygen atoms in total. The Morgan fingerprint density at radius 2 is 1.78 bits per heavy atom. The van der Waals surface area contributed by atoms with Crippen LogP contribution >= 0.6 is 0 Å². The Morgan fingerprint density at radius 3 is 2.39 bits per heavy atom. The van der Waals surface area contributed by atoms with E-state index in [0.717, 1.165) is 58.0 Å². The van der Waals surface area contributed by atoms with Crippen molar-refractivity contribution < 1.29 is 9.90 Å². The zero-order valence-electron chi connectivity index (χ0n) is 11.2. The van der Waals surface area contributed by atoms with Crippen molar-refractivity contribution >= 4 is 6.03 Å². The maximum atomic E-state index is 12.0. The average molecular weight is 254 g/mol. The lowest BCUT2D eigenvalue weighted by molar-refractivity contribution is 0.172. The highest BCUT2D eigenvalue weighted by molar-refractivity contribution is 5.74. The zero-order valence-corrected chi connectivity index (χ0v) is 11.2. The number of aliphatic hydroxyl groups excluding tert-OH is 1. The maximum Gasteiger partial charge on any atom is 0.317 e. The van der Waals surface area contributed by atoms with Gasteiger partial charge in [-0.1, -0.05) is 0 Å². The molecule has 18 heavy (non-hydrogen) atoms. The van der Waals surface area contributed by atoms with Crippen molar-refractivity contribution in [2.24, 2.45) is 5.92 Å². The number of aliphatic hydroxyl groups is 1. The molecule has 0 atom stereocenters. The van der Waals surface area contributed by atoms with Gasteiger partial charge in [0, 0.05) is 25.7 Å². The van der Waals surface area contributed by atoms with E-state index in [9.17, 15) is 4.79 Å². The maximum absolute atomic E-state index is 12.0. The lowest BCUT2D eigenvalue weighted by Crippen LogP contribution is -2.47. The Labute approximate surface area is 110 Å². The van der Waals surface area contributed by atoms with Gasteiger partial charge in [-0.25, -0.2) is 4.79 Å². The number of carbonyl (C=O) groups is 1. The van der Waals surface area contributed by atoms with Crippen LogP contribution < -0.4 is 5.32 Å². The second kappa shape index (κ2) is 6.98. The molecule has 2 rings (SSSR count). The fourth-order valence-electron chi connectivity index (χ4n) is 3.14. The summed E-state index contributed by atoms with van der Waals surface area (Å²) < 4.78 is 0. The van der Waals surface area contributed by atoms with Crippen LogP contribution in [-0.2, 0) is 0 Å². The molecule has 1 heterocycles. The van der Waals surface area contributed by atoms with Crippen LogP contribution in [-0.4, -0.2) is 41.8 Å². The first-order valence-electron chi connectivity index (χ1n) is 7.46. The Balaban J connectivity index is 1.68. The summed E-state index contributed by atoms with van der Waals surface area (Å²) in [7, 11) is 0. The van der Waals surface area contributed by atoms with Crippen molar-refractivity contribution in [1.82, 2.24) is 10.2 Å². The monoisotopic (exact) mass is 254 g/mol. The molecule has 0 aromatic carbocycles. The molecular formula is C14H26N2O2. The summed E-state index contributed by atoms with van der Waals surface area (Å²) in [5.74, 6) is 0.665. The fraction of sp³-hybridized carbons (Fsp3) is 0.929. The van der Waals surface area contributed by atoms with Crippen LogP contribution in [0.25, 0.3) is 0 Å². The second-order valence-electron chi connectivity index (χ2n) is 5.73. The van der Waals surface area contributed by atoms with Gasteiger partial charge in [0.2, 0.25) is 0 Å². The quantitative estimate of drug-likeness (QED) is 0.810. The van der Waals surface area contributed by atoms with Gasteiger partial charge in [0.1, 0.15) is 0 Å². The van der Waals surface area contributed by atoms with Crippen LogP contribution in [0.2, 0.25) is 0 Å². The number of amides is 2. The summed E-state index contributed by atoms with van der Waals surface area (Å²) in [4.78, 5) is 14.0. The van der Waals surface area contributed by atoms with Crippen molar-refractivity contribution in [3.63, 3.8) is 0 Å². The van der Waals surface area contributed by atoms with E-state index in [4.69, 9.17) is 5.11 Å². The minimum atomic E-state index is 0.139. The van der Waals surface area contributed by atoms with Crippen LogP contribution in [0.3, 0.4) is 0 Å². The summed E-state index contributed by atoms with van der Waals surface area (Å²) >= 11 is 0. The van der Waals surface area contributed by atoms with Crippen molar-refractivity contribution in [2.75, 3.05) is 19.7 Å². The first kappa shape index (κ1) is 13.7. The number of urea groups is 1. The normalized spacial score (nSPS) is 29.1. The predicted molar refractivity (Wildman–Crippen MR) is 71.4 cm³/mol. The summed E-state index contributed by atoms with van der Waals surface area (Å²) in [6, 6.07) is 0.495. The molecule has 0 bridgehead atoms. The second-order valence-corrected chi connectivity index (χ2v) is 5.73. The zero-order chi connectivity index (χ0) is 12.8. The molecule has 0 unspecified atom stereocenters. The van der Waals surface area contributed by atoms with E-state index >= 15 is 0 Å². The highest BCUT2D eigenvalue weighted by Crippen LogP contribution is 2.26. The molecule has 2 aliphatic rings. The molecule has 0 aromatic rings. The number of hydrogen-bond donors (Lipinski definition) is 2. The van der Waals surface area contributed by atoms with Gasteiger partial charge < -0.3 is 15.3 Å². The molecule has 104 valence electrons. The Bertz CT molecular complexity index is 257. The van der Waals surface area contributed by atoms with Gasteiger partial charge in [0.25, 0.3) is 0 Å². The lowest BCUT2D eigenvalue weighted by atomic mass is 9.84. The highest BCUT2D eigenvalue weighted by atomic mass is 16.3. The summed E-state index contributed by atoms with van der Waals surface area (Å²) in [5.41, 5.74) is 0. The first-order chi connectivity index (χ1) is 8.79. The minimum absolute atomic E-state index is 0.139. The minimum Gasteiger partial charge on any atom is -0.396 e. The van der Waals surface area contributed by atoms with Crippen molar-refractivity contribution in [3.05, 3.63) is 0 Å². The smallest absolute Gasteiger partial charge is 0.317 e. The third-order valence-electron chi connectivity index (χ3n) is 4.35. The predicted octanol–water partition coefficient (Wildman–Crippen LogP) is 2.12. The Morgan fingerprint density at radius 1 is 1.11 bits per heavy atom. The van der Waals surface area contributed by atoms with Crippen LogP contribution in [0.15, 0.2) is 0 Å². The van der Waals surface area contributed by atoms with Crippen molar-refractivity contribution in [1.29, 1.82) is 0 Å². The summed E-state index contributed by atoms with van der Waals surface area (Å²) in [5, 5.41) is 12.1. The molecule has 1 saturated carbocycles. The first-order valence-corrected chi connectivity index (χ1v) is 7.46. The molecule has 0 aromatic heterocycles. The van der Waals surface area contributed by atoms with Gasteiger partial charge in [-0.15, -0.1) is 0 Å². The van der Waals surface area contributed by atoms with Gasteiger partial charge in [-0.05, 0) is 57.3 Å². The molecule has 0 spiro atoms. The van der Waals surface area contributed by atoms with Gasteiger partial charge in [0.05, 0.1) is 0 Å². The van der Waals surface area contributed by atoms with E-state index in [2.05, 4.69) is 5.32 Å². The molecule has 0 radical (unpaired) electrons. The third-order valence-corrected chi connectivity index (χ3v) is 4.35. The number of nitrogens with zero attached hydrogens (tertiary/aromatic N) is 1. The van der Waals surface area contributed by atoms with E-state index in [0.29, 0.717) is 18.6 Å². The van der Waals surface area contributed by atoms with Crippen LogP contribution in [0.5, 0.6) is 0 Å². The van der Waals surface area contributed by atoms with E-state index in [-0.39, 0.29) is 6.03 Å². The number of nitrogens with one attached hydrogen (secondary N) is 1. The highest BCUT2D eigenvalue weighted by Gasteiger charge is 2.24. The number of piperidine rings is 1. The summed E-state index contributed by atoms with van der Waals surface area (Å²) in [6.45, 7) is 2.15. The molecule has 1 saturated heterocycles. The number of rotatable bonds is 3. The average Bonchev–Trinajstić information content (AvgIpc) is 2.42. The molecule has 2 fully saturated rings. The largest absolute Gasteiger partial charge is 0.396 e. The third kappa shape index (κ3) is 3.87. The van der Waals surface area contributed by atoms with Gasteiger partial charge in [0.15, 0.2) is 0 Å². The van der Waals surface area contributed by atoms with Crippen molar-refractivity contribution in [2.45, 2.75) is 57.4 Å². The standard InChI is InChI=1S/C14H26N2O2/c17-11-8-12-4-6-13(7-5-12)15-14(18)16-9-2-1-3-10-16/h12-13,17H,1-11H2,(H,15,18). The van der Waals surface area contributed by atoms with E-state index in [1.165, 1.54) is 6.42 Å². The van der Waals surface area contributed by atoms with Crippen LogP contribution in [0, 0.1) is 5.92 Å².